The molecule has 0 saturated carbocycles. The highest BCUT2D eigenvalue weighted by Crippen LogP contribution is 2.21. The van der Waals surface area contributed by atoms with Gasteiger partial charge in [-0.25, -0.2) is 4.79 Å². The van der Waals surface area contributed by atoms with Gasteiger partial charge in [0, 0.05) is 16.3 Å². The summed E-state index contributed by atoms with van der Waals surface area (Å²) in [6.07, 6.45) is -1.000. The number of amides is 1. The highest BCUT2D eigenvalue weighted by atomic mass is 35.5. The fourth-order valence-electron chi connectivity index (χ4n) is 2.17. The van der Waals surface area contributed by atoms with Crippen molar-refractivity contribution >= 4 is 34.9 Å². The highest BCUT2D eigenvalue weighted by molar-refractivity contribution is 6.31. The van der Waals surface area contributed by atoms with E-state index in [-0.39, 0.29) is 12.4 Å². The minimum Gasteiger partial charge on any atom is -0.482 e. The number of halogens is 1. The van der Waals surface area contributed by atoms with Crippen LogP contribution in [0.3, 0.4) is 0 Å². The largest absolute Gasteiger partial charge is 0.482 e. The van der Waals surface area contributed by atoms with E-state index in [9.17, 15) is 14.4 Å². The second kappa shape index (κ2) is 9.19. The average Bonchev–Trinajstić information content (AvgIpc) is 2.63. The van der Waals surface area contributed by atoms with E-state index in [1.54, 1.807) is 42.5 Å². The molecule has 1 amide bonds. The van der Waals surface area contributed by atoms with Crippen molar-refractivity contribution < 1.29 is 23.9 Å². The van der Waals surface area contributed by atoms with Gasteiger partial charge < -0.3 is 14.8 Å². The Balaban J connectivity index is 1.83. The lowest BCUT2D eigenvalue weighted by molar-refractivity contribution is -0.155. The molecule has 0 aliphatic carbocycles. The number of nitrogens with one attached hydrogen (secondary N) is 1. The summed E-state index contributed by atoms with van der Waals surface area (Å²) in [5.41, 5.74) is 1.87. The third kappa shape index (κ3) is 6.11. The molecule has 0 aromatic heterocycles. The lowest BCUT2D eigenvalue weighted by Crippen LogP contribution is -2.31. The van der Waals surface area contributed by atoms with Gasteiger partial charge >= 0.3 is 5.97 Å². The van der Waals surface area contributed by atoms with Crippen LogP contribution < -0.4 is 10.1 Å². The molecule has 1 N–H and O–H groups in total. The summed E-state index contributed by atoms with van der Waals surface area (Å²) in [6.45, 7) is 4.42. The smallest absolute Gasteiger partial charge is 0.344 e. The van der Waals surface area contributed by atoms with Crippen LogP contribution in [0.25, 0.3) is 0 Å². The van der Waals surface area contributed by atoms with Crippen LogP contribution in [0.5, 0.6) is 5.75 Å². The van der Waals surface area contributed by atoms with Gasteiger partial charge in [0.05, 0.1) is 0 Å². The Morgan fingerprint density at radius 3 is 2.37 bits per heavy atom. The lowest BCUT2D eigenvalue weighted by Gasteiger charge is -2.14. The number of carbonyl (C=O) groups is 3. The number of anilines is 1. The average molecular weight is 390 g/mol. The van der Waals surface area contributed by atoms with Crippen LogP contribution in [0.2, 0.25) is 5.02 Å². The maximum Gasteiger partial charge on any atom is 0.344 e. The molecule has 2 rings (SSSR count). The fourth-order valence-corrected chi connectivity index (χ4v) is 2.28. The minimum atomic E-state index is -1.000. The molecule has 142 valence electrons. The number of ketones is 1. The molecule has 0 unspecified atom stereocenters. The molecule has 0 saturated heterocycles. The lowest BCUT2D eigenvalue weighted by atomic mass is 10.1. The summed E-state index contributed by atoms with van der Waals surface area (Å²) in [5.74, 6) is -0.735. The standard InChI is InChI=1S/C20H20ClNO5/c1-12-10-17(8-9-18(12)21)26-11-19(24)27-14(3)20(25)22-16-6-4-15(5-7-16)13(2)23/h4-10,14H,11H2,1-3H3,(H,22,25)/t14-/m1/s1. The van der Waals surface area contributed by atoms with E-state index in [2.05, 4.69) is 5.32 Å². The normalized spacial score (nSPS) is 11.4. The first-order valence-corrected chi connectivity index (χ1v) is 8.64. The first-order chi connectivity index (χ1) is 12.8. The number of aryl methyl sites for hydroxylation is 1. The summed E-state index contributed by atoms with van der Waals surface area (Å²) in [4.78, 5) is 35.2. The zero-order valence-corrected chi connectivity index (χ0v) is 16.0. The Bertz CT molecular complexity index is 848. The molecule has 0 bridgehead atoms. The zero-order chi connectivity index (χ0) is 20.0. The van der Waals surface area contributed by atoms with Gasteiger partial charge in [-0.15, -0.1) is 0 Å². The monoisotopic (exact) mass is 389 g/mol. The third-order valence-electron chi connectivity index (χ3n) is 3.72. The van der Waals surface area contributed by atoms with E-state index >= 15 is 0 Å². The summed E-state index contributed by atoms with van der Waals surface area (Å²) >= 11 is 5.93. The number of hydrogen-bond donors (Lipinski definition) is 1. The first-order valence-electron chi connectivity index (χ1n) is 8.26. The minimum absolute atomic E-state index is 0.0638. The van der Waals surface area contributed by atoms with Crippen molar-refractivity contribution in [3.63, 3.8) is 0 Å². The van der Waals surface area contributed by atoms with Gasteiger partial charge in [0.2, 0.25) is 0 Å². The van der Waals surface area contributed by atoms with Gasteiger partial charge in [-0.1, -0.05) is 11.6 Å². The van der Waals surface area contributed by atoms with Gasteiger partial charge in [-0.05, 0) is 68.8 Å². The van der Waals surface area contributed by atoms with Crippen molar-refractivity contribution in [1.82, 2.24) is 0 Å². The Morgan fingerprint density at radius 1 is 1.11 bits per heavy atom. The van der Waals surface area contributed by atoms with Gasteiger partial charge in [0.15, 0.2) is 18.5 Å². The first kappa shape index (κ1) is 20.5. The molecular weight excluding hydrogens is 370 g/mol. The molecule has 1 atom stereocenters. The number of carbonyl (C=O) groups excluding carboxylic acids is 3. The molecule has 7 heteroatoms. The predicted molar refractivity (Wildman–Crippen MR) is 102 cm³/mol. The summed E-state index contributed by atoms with van der Waals surface area (Å²) in [7, 11) is 0. The van der Waals surface area contributed by atoms with Crippen LogP contribution in [0.4, 0.5) is 5.69 Å². The SMILES string of the molecule is CC(=O)c1ccc(NC(=O)[C@@H](C)OC(=O)COc2ccc(Cl)c(C)c2)cc1. The maximum absolute atomic E-state index is 12.1. The van der Waals surface area contributed by atoms with E-state index < -0.39 is 18.0 Å². The van der Waals surface area contributed by atoms with Crippen molar-refractivity contribution in [2.24, 2.45) is 0 Å². The van der Waals surface area contributed by atoms with Crippen LogP contribution in [0, 0.1) is 6.92 Å². The summed E-state index contributed by atoms with van der Waals surface area (Å²) < 4.78 is 10.4. The molecule has 0 fully saturated rings. The zero-order valence-electron chi connectivity index (χ0n) is 15.2. The van der Waals surface area contributed by atoms with Gasteiger partial charge in [-0.3, -0.25) is 9.59 Å². The van der Waals surface area contributed by atoms with Crippen LogP contribution in [0.1, 0.15) is 29.8 Å². The summed E-state index contributed by atoms with van der Waals surface area (Å²) in [5, 5.41) is 3.22. The van der Waals surface area contributed by atoms with Crippen LogP contribution in [0.15, 0.2) is 42.5 Å². The molecule has 0 aliphatic rings. The summed E-state index contributed by atoms with van der Waals surface area (Å²) in [6, 6.07) is 11.4. The van der Waals surface area contributed by atoms with Gasteiger partial charge in [-0.2, -0.15) is 0 Å². The number of esters is 1. The highest BCUT2D eigenvalue weighted by Gasteiger charge is 2.18. The third-order valence-corrected chi connectivity index (χ3v) is 4.15. The Morgan fingerprint density at radius 2 is 1.78 bits per heavy atom. The van der Waals surface area contributed by atoms with Crippen LogP contribution in [-0.4, -0.2) is 30.4 Å². The van der Waals surface area contributed by atoms with E-state index in [0.29, 0.717) is 22.0 Å². The van der Waals surface area contributed by atoms with Gasteiger partial charge in [0.25, 0.3) is 5.91 Å². The van der Waals surface area contributed by atoms with Crippen LogP contribution in [-0.2, 0) is 14.3 Å². The van der Waals surface area contributed by atoms with Crippen molar-refractivity contribution in [2.75, 3.05) is 11.9 Å². The predicted octanol–water partition coefficient (Wildman–Crippen LogP) is 3.80. The van der Waals surface area contributed by atoms with Crippen molar-refractivity contribution in [2.45, 2.75) is 26.9 Å². The number of ether oxygens (including phenoxy) is 2. The maximum atomic E-state index is 12.1. The van der Waals surface area contributed by atoms with Crippen molar-refractivity contribution in [3.05, 3.63) is 58.6 Å². The number of Topliss-reactive ketones (excluding diaryl/α,β-unsaturated/α-hetero) is 1. The molecule has 0 aliphatic heterocycles. The molecule has 2 aromatic carbocycles. The second-order valence-corrected chi connectivity index (χ2v) is 6.36. The van der Waals surface area contributed by atoms with Crippen LogP contribution >= 0.6 is 11.6 Å². The molecule has 27 heavy (non-hydrogen) atoms. The molecule has 0 spiro atoms. The van der Waals surface area contributed by atoms with E-state index in [1.165, 1.54) is 13.8 Å². The number of rotatable bonds is 7. The Kier molecular flexibility index (Phi) is 6.96. The molecule has 6 nitrogen and oxygen atoms in total. The van der Waals surface area contributed by atoms with Gasteiger partial charge in [0.1, 0.15) is 5.75 Å². The number of benzene rings is 2. The fraction of sp³-hybridized carbons (Fsp3) is 0.250. The van der Waals surface area contributed by atoms with E-state index in [0.717, 1.165) is 5.56 Å². The number of hydrogen-bond acceptors (Lipinski definition) is 5. The molecule has 0 heterocycles. The topological polar surface area (TPSA) is 81.7 Å². The second-order valence-electron chi connectivity index (χ2n) is 5.95. The molecular formula is C20H20ClNO5. The van der Waals surface area contributed by atoms with E-state index in [4.69, 9.17) is 21.1 Å². The van der Waals surface area contributed by atoms with E-state index in [1.807, 2.05) is 6.92 Å². The quantitative estimate of drug-likeness (QED) is 0.575. The van der Waals surface area contributed by atoms with Crippen molar-refractivity contribution in [1.29, 1.82) is 0 Å². The van der Waals surface area contributed by atoms with Crippen molar-refractivity contribution in [3.8, 4) is 5.75 Å². The Hall–Kier alpha value is -2.86. The molecule has 2 aromatic rings. The Labute approximate surface area is 162 Å². The molecule has 0 radical (unpaired) electrons.